The third kappa shape index (κ3) is 5.12. The van der Waals surface area contributed by atoms with E-state index in [1.807, 2.05) is 24.3 Å². The Labute approximate surface area is 187 Å². The Morgan fingerprint density at radius 1 is 1.06 bits per heavy atom. The maximum absolute atomic E-state index is 12.5. The van der Waals surface area contributed by atoms with Gasteiger partial charge in [0.1, 0.15) is 11.4 Å². The lowest BCUT2D eigenvalue weighted by Gasteiger charge is -2.18. The first kappa shape index (κ1) is 23.0. The van der Waals surface area contributed by atoms with E-state index in [1.54, 1.807) is 63.6 Å². The van der Waals surface area contributed by atoms with Crippen LogP contribution in [0.1, 0.15) is 0 Å². The van der Waals surface area contributed by atoms with Gasteiger partial charge >= 0.3 is 0 Å². The van der Waals surface area contributed by atoms with E-state index >= 15 is 0 Å². The quantitative estimate of drug-likeness (QED) is 0.539. The van der Waals surface area contributed by atoms with Crippen LogP contribution in [0.4, 0.5) is 22.7 Å². The van der Waals surface area contributed by atoms with Crippen LogP contribution in [0.25, 0.3) is 11.1 Å². The number of sulfonamides is 1. The highest BCUT2D eigenvalue weighted by molar-refractivity contribution is 7.95. The molecule has 0 bridgehead atoms. The third-order valence-electron chi connectivity index (χ3n) is 4.83. The fourth-order valence-electron chi connectivity index (χ4n) is 3.15. The van der Waals surface area contributed by atoms with Crippen LogP contribution in [0, 0.1) is 0 Å². The van der Waals surface area contributed by atoms with Crippen molar-refractivity contribution in [3.8, 4) is 16.9 Å². The highest BCUT2D eigenvalue weighted by atomic mass is 32.2. The van der Waals surface area contributed by atoms with Crippen molar-refractivity contribution in [3.63, 3.8) is 0 Å². The number of hydrogen-bond donors (Lipinski definition) is 2. The molecule has 2 N–H and O–H groups in total. The lowest BCUT2D eigenvalue weighted by Crippen LogP contribution is -2.25. The number of aromatic nitrogens is 1. The van der Waals surface area contributed by atoms with Crippen LogP contribution in [0.3, 0.4) is 0 Å². The van der Waals surface area contributed by atoms with Gasteiger partial charge in [-0.05, 0) is 48.5 Å². The number of ether oxygens (including phenoxy) is 1. The minimum absolute atomic E-state index is 0.132. The van der Waals surface area contributed by atoms with E-state index < -0.39 is 10.0 Å². The van der Waals surface area contributed by atoms with E-state index in [9.17, 15) is 13.2 Å². The zero-order valence-electron chi connectivity index (χ0n) is 18.4. The fourth-order valence-corrected chi connectivity index (χ4v) is 3.69. The highest BCUT2D eigenvalue weighted by Gasteiger charge is 2.14. The van der Waals surface area contributed by atoms with Gasteiger partial charge in [0.15, 0.2) is 0 Å². The lowest BCUT2D eigenvalue weighted by atomic mass is 10.0. The van der Waals surface area contributed by atoms with Crippen LogP contribution in [-0.4, -0.2) is 34.2 Å². The van der Waals surface area contributed by atoms with Gasteiger partial charge in [-0.15, -0.1) is 0 Å². The molecule has 0 saturated carbocycles. The van der Waals surface area contributed by atoms with Gasteiger partial charge in [-0.1, -0.05) is 6.58 Å². The molecule has 0 unspecified atom stereocenters. The van der Waals surface area contributed by atoms with Crippen molar-refractivity contribution in [2.45, 2.75) is 0 Å². The first-order chi connectivity index (χ1) is 15.1. The Morgan fingerprint density at radius 3 is 2.31 bits per heavy atom. The van der Waals surface area contributed by atoms with E-state index in [4.69, 9.17) is 4.74 Å². The van der Waals surface area contributed by atoms with E-state index in [1.165, 1.54) is 4.57 Å². The summed E-state index contributed by atoms with van der Waals surface area (Å²) in [6, 6.07) is 14.4. The third-order valence-corrected chi connectivity index (χ3v) is 5.78. The first-order valence-electron chi connectivity index (χ1n) is 9.72. The molecule has 1 heterocycles. The monoisotopic (exact) mass is 454 g/mol. The molecule has 8 nitrogen and oxygen atoms in total. The average Bonchev–Trinajstić information content (AvgIpc) is 2.76. The molecule has 0 aliphatic rings. The summed E-state index contributed by atoms with van der Waals surface area (Å²) >= 11 is 0. The Balaban J connectivity index is 2.15. The number of rotatable bonds is 8. The summed E-state index contributed by atoms with van der Waals surface area (Å²) in [5.41, 5.74) is 3.77. The maximum Gasteiger partial charge on any atom is 0.273 e. The summed E-state index contributed by atoms with van der Waals surface area (Å²) in [5.74, 6) is 0.735. The Bertz CT molecular complexity index is 1300. The van der Waals surface area contributed by atoms with Crippen LogP contribution in [0.15, 0.2) is 71.5 Å². The van der Waals surface area contributed by atoms with Crippen molar-refractivity contribution in [2.75, 3.05) is 36.1 Å². The second-order valence-electron chi connectivity index (χ2n) is 7.35. The summed E-state index contributed by atoms with van der Waals surface area (Å²) in [4.78, 5) is 14.3. The highest BCUT2D eigenvalue weighted by Crippen LogP contribution is 2.34. The summed E-state index contributed by atoms with van der Waals surface area (Å²) in [5, 5.41) is 4.21. The van der Waals surface area contributed by atoms with Crippen LogP contribution in [0.2, 0.25) is 0 Å². The maximum atomic E-state index is 12.5. The molecular formula is C23H26N4O4S. The van der Waals surface area contributed by atoms with Crippen LogP contribution >= 0.6 is 0 Å². The normalized spacial score (nSPS) is 11.0. The smallest absolute Gasteiger partial charge is 0.273 e. The molecule has 3 rings (SSSR count). The van der Waals surface area contributed by atoms with Gasteiger partial charge in [-0.25, -0.2) is 8.42 Å². The number of nitrogens with one attached hydrogen (secondary N) is 2. The molecule has 0 radical (unpaired) electrons. The summed E-state index contributed by atoms with van der Waals surface area (Å²) < 4.78 is 33.2. The number of anilines is 4. The molecule has 0 atom stereocenters. The molecular weight excluding hydrogens is 428 g/mol. The van der Waals surface area contributed by atoms with Gasteiger partial charge in [-0.2, -0.15) is 0 Å². The van der Waals surface area contributed by atoms with Crippen LogP contribution in [-0.2, 0) is 17.1 Å². The number of benzene rings is 2. The van der Waals surface area contributed by atoms with E-state index in [-0.39, 0.29) is 5.56 Å². The van der Waals surface area contributed by atoms with E-state index in [0.717, 1.165) is 28.1 Å². The zero-order valence-corrected chi connectivity index (χ0v) is 19.2. The lowest BCUT2D eigenvalue weighted by molar-refractivity contribution is 0.415. The second-order valence-corrected chi connectivity index (χ2v) is 8.98. The Morgan fingerprint density at radius 2 is 1.72 bits per heavy atom. The Hall–Kier alpha value is -3.72. The predicted molar refractivity (Wildman–Crippen MR) is 130 cm³/mol. The molecule has 0 saturated heterocycles. The second kappa shape index (κ2) is 9.19. The zero-order chi connectivity index (χ0) is 23.5. The van der Waals surface area contributed by atoms with Crippen molar-refractivity contribution >= 4 is 32.8 Å². The average molecular weight is 455 g/mol. The fraction of sp³-hybridized carbons (Fsp3) is 0.174. The number of pyridine rings is 1. The van der Waals surface area contributed by atoms with Crippen molar-refractivity contribution in [3.05, 3.63) is 77.1 Å². The molecule has 0 aliphatic heterocycles. The van der Waals surface area contributed by atoms with Gasteiger partial charge in [0.25, 0.3) is 15.6 Å². The summed E-state index contributed by atoms with van der Waals surface area (Å²) in [6.07, 6.45) is 1.72. The molecule has 32 heavy (non-hydrogen) atoms. The number of nitrogens with zero attached hydrogens (tertiary/aromatic N) is 2. The van der Waals surface area contributed by atoms with Crippen molar-refractivity contribution in [1.82, 2.24) is 4.57 Å². The molecule has 0 spiro atoms. The molecule has 1 aromatic heterocycles. The molecule has 0 aliphatic carbocycles. The number of aryl methyl sites for hydroxylation is 1. The van der Waals surface area contributed by atoms with Crippen LogP contribution in [0.5, 0.6) is 5.75 Å². The van der Waals surface area contributed by atoms with Gasteiger partial charge in [0.05, 0.1) is 7.11 Å². The standard InChI is InChI=1S/C23H26N4O4S/c1-6-32(29,30)25-18-9-12-21(24-17-7-10-19(31-5)11-8-17)20(14-18)16-13-22(26(2)3)23(28)27(4)15-16/h6-15,24-25H,1H2,2-5H3. The molecule has 168 valence electrons. The first-order valence-corrected chi connectivity index (χ1v) is 11.3. The van der Waals surface area contributed by atoms with E-state index in [2.05, 4.69) is 16.6 Å². The van der Waals surface area contributed by atoms with Gasteiger partial charge in [0, 0.05) is 60.9 Å². The SMILES string of the molecule is C=CS(=O)(=O)Nc1ccc(Nc2ccc(OC)cc2)c(-c2cc(N(C)C)c(=O)n(C)c2)c1. The number of methoxy groups -OCH3 is 1. The van der Waals surface area contributed by atoms with Gasteiger partial charge < -0.3 is 19.5 Å². The molecule has 0 amide bonds. The van der Waals surface area contributed by atoms with Crippen molar-refractivity contribution in [2.24, 2.45) is 7.05 Å². The summed E-state index contributed by atoms with van der Waals surface area (Å²) in [7, 11) is 3.21. The molecule has 0 fully saturated rings. The van der Waals surface area contributed by atoms with Gasteiger partial charge in [0.2, 0.25) is 0 Å². The molecule has 9 heteroatoms. The minimum atomic E-state index is -3.67. The largest absolute Gasteiger partial charge is 0.497 e. The van der Waals surface area contributed by atoms with Crippen LogP contribution < -0.4 is 25.2 Å². The predicted octanol–water partition coefficient (Wildman–Crippen LogP) is 3.76. The van der Waals surface area contributed by atoms with E-state index in [0.29, 0.717) is 16.9 Å². The summed E-state index contributed by atoms with van der Waals surface area (Å²) in [6.45, 7) is 3.33. The Kier molecular flexibility index (Phi) is 6.59. The van der Waals surface area contributed by atoms with Gasteiger partial charge in [-0.3, -0.25) is 9.52 Å². The topological polar surface area (TPSA) is 92.7 Å². The van der Waals surface area contributed by atoms with Crippen molar-refractivity contribution in [1.29, 1.82) is 0 Å². The minimum Gasteiger partial charge on any atom is -0.497 e. The van der Waals surface area contributed by atoms with Crippen molar-refractivity contribution < 1.29 is 13.2 Å². The number of hydrogen-bond acceptors (Lipinski definition) is 6. The molecule has 3 aromatic rings. The molecule has 2 aromatic carbocycles.